The summed E-state index contributed by atoms with van der Waals surface area (Å²) in [6.07, 6.45) is 0. The number of anilines is 1. The number of carbonyl (C=O) groups is 2. The quantitative estimate of drug-likeness (QED) is 0.777. The average molecular weight is 365 g/mol. The van der Waals surface area contributed by atoms with Gasteiger partial charge in [0.05, 0.1) is 11.7 Å². The Morgan fingerprint density at radius 3 is 2.50 bits per heavy atom. The number of nitrogens with one attached hydrogen (secondary N) is 1. The van der Waals surface area contributed by atoms with Crippen molar-refractivity contribution in [1.82, 2.24) is 0 Å². The first-order chi connectivity index (χ1) is 11.5. The van der Waals surface area contributed by atoms with E-state index in [2.05, 4.69) is 5.32 Å². The van der Waals surface area contributed by atoms with Crippen LogP contribution in [-0.2, 0) is 15.3 Å². The minimum atomic E-state index is -1.29. The van der Waals surface area contributed by atoms with E-state index in [0.717, 1.165) is 5.56 Å². The number of rotatable bonds is 8. The second-order valence-electron chi connectivity index (χ2n) is 4.82. The molecular weight excluding hydrogens is 350 g/mol. The largest absolute Gasteiger partial charge is 0.546 e. The van der Waals surface area contributed by atoms with Crippen LogP contribution in [0.5, 0.6) is 5.75 Å². The number of aliphatic carboxylic acids is 1. The smallest absolute Gasteiger partial charge is 0.234 e. The van der Waals surface area contributed by atoms with Crippen molar-refractivity contribution in [3.05, 3.63) is 59.1 Å². The van der Waals surface area contributed by atoms with Gasteiger partial charge in [-0.3, -0.25) is 4.79 Å². The molecule has 0 fully saturated rings. The molecule has 2 rings (SSSR count). The monoisotopic (exact) mass is 364 g/mol. The third kappa shape index (κ3) is 6.14. The van der Waals surface area contributed by atoms with Gasteiger partial charge >= 0.3 is 0 Å². The van der Waals surface area contributed by atoms with Crippen LogP contribution in [0.15, 0.2) is 48.5 Å². The van der Waals surface area contributed by atoms with E-state index in [9.17, 15) is 14.7 Å². The van der Waals surface area contributed by atoms with Gasteiger partial charge in [-0.25, -0.2) is 0 Å². The van der Waals surface area contributed by atoms with Crippen LogP contribution >= 0.6 is 23.4 Å². The Morgan fingerprint density at radius 2 is 1.83 bits per heavy atom. The second-order valence-corrected chi connectivity index (χ2v) is 6.21. The van der Waals surface area contributed by atoms with E-state index in [0.29, 0.717) is 28.0 Å². The maximum Gasteiger partial charge on any atom is 0.234 e. The lowest BCUT2D eigenvalue weighted by molar-refractivity contribution is -0.307. The number of halogens is 1. The van der Waals surface area contributed by atoms with Crippen molar-refractivity contribution in [3.8, 4) is 5.75 Å². The van der Waals surface area contributed by atoms with Crippen LogP contribution in [0, 0.1) is 0 Å². The summed E-state index contributed by atoms with van der Waals surface area (Å²) in [7, 11) is 0. The Labute approximate surface area is 149 Å². The van der Waals surface area contributed by atoms with Crippen molar-refractivity contribution in [2.45, 2.75) is 5.75 Å². The summed E-state index contributed by atoms with van der Waals surface area (Å²) in [4.78, 5) is 22.2. The zero-order chi connectivity index (χ0) is 17.4. The molecule has 0 aromatic heterocycles. The predicted molar refractivity (Wildman–Crippen MR) is 93.2 cm³/mol. The molecule has 2 aromatic carbocycles. The predicted octanol–water partition coefficient (Wildman–Crippen LogP) is 2.34. The summed E-state index contributed by atoms with van der Waals surface area (Å²) >= 11 is 7.53. The molecule has 0 radical (unpaired) electrons. The van der Waals surface area contributed by atoms with Gasteiger partial charge in [0.1, 0.15) is 12.4 Å². The first kappa shape index (κ1) is 18.2. The molecule has 0 heterocycles. The fourth-order valence-electron chi connectivity index (χ4n) is 1.84. The van der Waals surface area contributed by atoms with Crippen LogP contribution in [-0.4, -0.2) is 24.2 Å². The van der Waals surface area contributed by atoms with Gasteiger partial charge in [0.15, 0.2) is 0 Å². The van der Waals surface area contributed by atoms with Crippen molar-refractivity contribution >= 4 is 40.9 Å². The van der Waals surface area contributed by atoms with Crippen molar-refractivity contribution in [1.29, 1.82) is 0 Å². The summed E-state index contributed by atoms with van der Waals surface area (Å²) in [5, 5.41) is 13.8. The molecule has 0 spiro atoms. The third-order valence-electron chi connectivity index (χ3n) is 2.94. The van der Waals surface area contributed by atoms with Gasteiger partial charge in [-0.15, -0.1) is 11.8 Å². The van der Waals surface area contributed by atoms with Crippen molar-refractivity contribution in [2.75, 3.05) is 17.7 Å². The molecule has 0 bridgehead atoms. The second kappa shape index (κ2) is 9.20. The molecule has 0 unspecified atom stereocenters. The zero-order valence-electron chi connectivity index (χ0n) is 12.7. The van der Waals surface area contributed by atoms with E-state index in [1.165, 1.54) is 11.8 Å². The Bertz CT molecular complexity index is 706. The molecule has 2 aromatic rings. The Morgan fingerprint density at radius 1 is 1.12 bits per heavy atom. The third-order valence-corrected chi connectivity index (χ3v) is 4.29. The van der Waals surface area contributed by atoms with E-state index in [1.807, 2.05) is 24.3 Å². The van der Waals surface area contributed by atoms with Gasteiger partial charge < -0.3 is 20.0 Å². The summed E-state index contributed by atoms with van der Waals surface area (Å²) < 4.78 is 4.96. The zero-order valence-corrected chi connectivity index (χ0v) is 14.2. The molecule has 0 aliphatic heterocycles. The van der Waals surface area contributed by atoms with E-state index in [-0.39, 0.29) is 5.91 Å². The highest BCUT2D eigenvalue weighted by atomic mass is 35.5. The number of hydrogen-bond donors (Lipinski definition) is 1. The molecule has 0 aliphatic carbocycles. The molecule has 1 N–H and O–H groups in total. The average Bonchev–Trinajstić information content (AvgIpc) is 2.56. The first-order valence-electron chi connectivity index (χ1n) is 7.08. The van der Waals surface area contributed by atoms with E-state index in [1.54, 1.807) is 24.3 Å². The van der Waals surface area contributed by atoms with Crippen LogP contribution < -0.4 is 15.2 Å². The molecular formula is C17H15ClNO4S-. The standard InChI is InChI=1S/C17H16ClNO4S/c18-15-4-2-1-3-12(15)10-24-11-16(20)19-13-5-7-14(8-6-13)23-9-17(21)22/h1-8H,9-11H2,(H,19,20)(H,21,22)/p-1. The van der Waals surface area contributed by atoms with Gasteiger partial charge in [-0.05, 0) is 35.9 Å². The summed E-state index contributed by atoms with van der Waals surface area (Å²) in [5.74, 6) is -0.0688. The van der Waals surface area contributed by atoms with Gasteiger partial charge in [0.25, 0.3) is 0 Å². The fourth-order valence-corrected chi connectivity index (χ4v) is 2.96. The highest BCUT2D eigenvalue weighted by Crippen LogP contribution is 2.21. The topological polar surface area (TPSA) is 78.5 Å². The van der Waals surface area contributed by atoms with Crippen molar-refractivity contribution in [3.63, 3.8) is 0 Å². The molecule has 0 atom stereocenters. The van der Waals surface area contributed by atoms with E-state index in [4.69, 9.17) is 16.3 Å². The van der Waals surface area contributed by atoms with Crippen LogP contribution in [0.1, 0.15) is 5.56 Å². The Hall–Kier alpha value is -2.18. The highest BCUT2D eigenvalue weighted by Gasteiger charge is 2.05. The number of carboxylic acids is 1. The van der Waals surface area contributed by atoms with Gasteiger partial charge in [-0.2, -0.15) is 0 Å². The minimum absolute atomic E-state index is 0.129. The molecule has 0 saturated heterocycles. The lowest BCUT2D eigenvalue weighted by Gasteiger charge is -2.09. The number of carbonyl (C=O) groups excluding carboxylic acids is 2. The number of carboxylic acid groups (broad SMARTS) is 1. The van der Waals surface area contributed by atoms with Gasteiger partial charge in [-0.1, -0.05) is 29.8 Å². The molecule has 1 amide bonds. The Balaban J connectivity index is 1.76. The molecule has 24 heavy (non-hydrogen) atoms. The number of thioether (sulfide) groups is 1. The maximum absolute atomic E-state index is 11.9. The van der Waals surface area contributed by atoms with Crippen LogP contribution in [0.4, 0.5) is 5.69 Å². The number of hydrogen-bond acceptors (Lipinski definition) is 5. The molecule has 5 nitrogen and oxygen atoms in total. The SMILES string of the molecule is O=C([O-])COc1ccc(NC(=O)CSCc2ccccc2Cl)cc1. The van der Waals surface area contributed by atoms with E-state index >= 15 is 0 Å². The van der Waals surface area contributed by atoms with Crippen molar-refractivity contribution in [2.24, 2.45) is 0 Å². The first-order valence-corrected chi connectivity index (χ1v) is 8.61. The summed E-state index contributed by atoms with van der Waals surface area (Å²) in [6, 6.07) is 14.0. The van der Waals surface area contributed by atoms with E-state index < -0.39 is 12.6 Å². The lowest BCUT2D eigenvalue weighted by atomic mass is 10.2. The lowest BCUT2D eigenvalue weighted by Crippen LogP contribution is -2.28. The molecule has 7 heteroatoms. The maximum atomic E-state index is 11.9. The van der Waals surface area contributed by atoms with Crippen LogP contribution in [0.2, 0.25) is 5.02 Å². The van der Waals surface area contributed by atoms with Crippen LogP contribution in [0.3, 0.4) is 0 Å². The fraction of sp³-hybridized carbons (Fsp3) is 0.176. The molecule has 0 saturated carbocycles. The van der Waals surface area contributed by atoms with Gasteiger partial charge in [0.2, 0.25) is 5.91 Å². The summed E-state index contributed by atoms with van der Waals surface area (Å²) in [5.41, 5.74) is 1.60. The highest BCUT2D eigenvalue weighted by molar-refractivity contribution is 7.99. The number of amides is 1. The normalized spacial score (nSPS) is 10.2. The Kier molecular flexibility index (Phi) is 6.96. The number of benzene rings is 2. The number of ether oxygens (including phenoxy) is 1. The van der Waals surface area contributed by atoms with Crippen molar-refractivity contribution < 1.29 is 19.4 Å². The minimum Gasteiger partial charge on any atom is -0.546 e. The van der Waals surface area contributed by atoms with Gasteiger partial charge in [0, 0.05) is 16.5 Å². The molecule has 0 aliphatic rings. The summed E-state index contributed by atoms with van der Waals surface area (Å²) in [6.45, 7) is -0.510. The molecule has 126 valence electrons. The van der Waals surface area contributed by atoms with Crippen LogP contribution in [0.25, 0.3) is 0 Å².